The summed E-state index contributed by atoms with van der Waals surface area (Å²) in [6.45, 7) is 3.28. The lowest BCUT2D eigenvalue weighted by Crippen LogP contribution is -2.18. The van der Waals surface area contributed by atoms with Crippen LogP contribution in [0.5, 0.6) is 0 Å². The highest BCUT2D eigenvalue weighted by atomic mass is 19.1. The second-order valence-corrected chi connectivity index (χ2v) is 5.64. The van der Waals surface area contributed by atoms with Gasteiger partial charge >= 0.3 is 0 Å². The first-order chi connectivity index (χ1) is 12.2. The molecule has 2 N–H and O–H groups in total. The number of nitro groups is 1. The molecule has 0 aliphatic heterocycles. The van der Waals surface area contributed by atoms with E-state index < -0.39 is 22.2 Å². The Labute approximate surface area is 147 Å². The number of aryl methyl sites for hydroxylation is 1. The Balaban J connectivity index is 2.16. The number of hydrogen-bond donors (Lipinski definition) is 2. The number of pyridine rings is 1. The Morgan fingerprint density at radius 2 is 2.12 bits per heavy atom. The number of carbonyl (C=O) groups excluding carboxylic acids is 1. The van der Waals surface area contributed by atoms with E-state index in [4.69, 9.17) is 5.26 Å². The lowest BCUT2D eigenvalue weighted by molar-refractivity contribution is -0.384. The van der Waals surface area contributed by atoms with E-state index in [1.54, 1.807) is 13.8 Å². The molecule has 26 heavy (non-hydrogen) atoms. The van der Waals surface area contributed by atoms with Gasteiger partial charge in [0, 0.05) is 24.2 Å². The topological polar surface area (TPSA) is 129 Å². The van der Waals surface area contributed by atoms with E-state index in [2.05, 4.69) is 10.3 Å². The number of nitriles is 1. The standard InChI is InChI=1S/C17H15FN4O4/c1-9-12(10(2)20-17(24)13(9)8-19)4-6-16(23)21-15-7-11(22(25)26)3-5-14(15)18/h3,5,7H,4,6H2,1-2H3,(H,20,24)(H,21,23). The van der Waals surface area contributed by atoms with E-state index in [1.807, 2.05) is 6.07 Å². The third-order valence-electron chi connectivity index (χ3n) is 3.96. The van der Waals surface area contributed by atoms with E-state index in [0.29, 0.717) is 16.8 Å². The predicted octanol–water partition coefficient (Wildman–Crippen LogP) is 2.48. The molecule has 0 aliphatic carbocycles. The van der Waals surface area contributed by atoms with Crippen molar-refractivity contribution in [2.75, 3.05) is 5.32 Å². The second-order valence-electron chi connectivity index (χ2n) is 5.64. The molecule has 0 bridgehead atoms. The second kappa shape index (κ2) is 7.57. The van der Waals surface area contributed by atoms with Crippen molar-refractivity contribution in [3.05, 3.63) is 66.9 Å². The third-order valence-corrected chi connectivity index (χ3v) is 3.96. The molecule has 0 radical (unpaired) electrons. The number of carbonyl (C=O) groups is 1. The fourth-order valence-corrected chi connectivity index (χ4v) is 2.59. The lowest BCUT2D eigenvalue weighted by atomic mass is 9.99. The average Bonchev–Trinajstić information content (AvgIpc) is 2.56. The molecule has 0 unspecified atom stereocenters. The highest BCUT2D eigenvalue weighted by molar-refractivity contribution is 5.91. The molecule has 0 spiro atoms. The number of rotatable bonds is 5. The maximum absolute atomic E-state index is 13.7. The fourth-order valence-electron chi connectivity index (χ4n) is 2.59. The number of halogens is 1. The molecule has 2 rings (SSSR count). The maximum atomic E-state index is 13.7. The normalized spacial score (nSPS) is 10.2. The third kappa shape index (κ3) is 3.92. The number of nitrogens with one attached hydrogen (secondary N) is 2. The summed E-state index contributed by atoms with van der Waals surface area (Å²) in [6, 6.07) is 4.67. The molecular formula is C17H15FN4O4. The van der Waals surface area contributed by atoms with Gasteiger partial charge in [-0.25, -0.2) is 4.39 Å². The number of aromatic nitrogens is 1. The molecule has 0 aliphatic rings. The zero-order valence-corrected chi connectivity index (χ0v) is 14.1. The molecule has 134 valence electrons. The van der Waals surface area contributed by atoms with Gasteiger partial charge in [0.1, 0.15) is 17.4 Å². The number of hydrogen-bond acceptors (Lipinski definition) is 5. The van der Waals surface area contributed by atoms with Crippen molar-refractivity contribution in [2.24, 2.45) is 0 Å². The minimum absolute atomic E-state index is 0.0178. The van der Waals surface area contributed by atoms with Crippen LogP contribution < -0.4 is 10.9 Å². The van der Waals surface area contributed by atoms with Gasteiger partial charge in [0.05, 0.1) is 10.6 Å². The number of nitro benzene ring substituents is 1. The van der Waals surface area contributed by atoms with Crippen LogP contribution in [0.15, 0.2) is 23.0 Å². The summed E-state index contributed by atoms with van der Waals surface area (Å²) in [4.78, 5) is 36.4. The number of nitrogens with zero attached hydrogens (tertiary/aromatic N) is 2. The first kappa shape index (κ1) is 18.8. The predicted molar refractivity (Wildman–Crippen MR) is 91.3 cm³/mol. The number of H-pyrrole nitrogens is 1. The van der Waals surface area contributed by atoms with E-state index in [1.165, 1.54) is 0 Å². The van der Waals surface area contributed by atoms with Crippen molar-refractivity contribution in [3.8, 4) is 6.07 Å². The number of non-ortho nitro benzene ring substituents is 1. The van der Waals surface area contributed by atoms with Crippen LogP contribution in [0.3, 0.4) is 0 Å². The van der Waals surface area contributed by atoms with Gasteiger partial charge in [-0.05, 0) is 37.5 Å². The Morgan fingerprint density at radius 1 is 1.42 bits per heavy atom. The van der Waals surface area contributed by atoms with Crippen molar-refractivity contribution in [1.29, 1.82) is 5.26 Å². The summed E-state index contributed by atoms with van der Waals surface area (Å²) in [5.74, 6) is -1.33. The quantitative estimate of drug-likeness (QED) is 0.626. The monoisotopic (exact) mass is 358 g/mol. The van der Waals surface area contributed by atoms with Gasteiger partial charge in [-0.1, -0.05) is 0 Å². The van der Waals surface area contributed by atoms with Gasteiger partial charge < -0.3 is 10.3 Å². The molecule has 0 atom stereocenters. The first-order valence-electron chi connectivity index (χ1n) is 7.60. The van der Waals surface area contributed by atoms with Crippen LogP contribution in [0.4, 0.5) is 15.8 Å². The number of aromatic amines is 1. The van der Waals surface area contributed by atoms with E-state index in [0.717, 1.165) is 18.2 Å². The van der Waals surface area contributed by atoms with E-state index >= 15 is 0 Å². The van der Waals surface area contributed by atoms with Crippen LogP contribution in [-0.2, 0) is 11.2 Å². The molecule has 0 saturated carbocycles. The zero-order valence-electron chi connectivity index (χ0n) is 14.1. The Kier molecular flexibility index (Phi) is 5.47. The average molecular weight is 358 g/mol. The van der Waals surface area contributed by atoms with E-state index in [-0.39, 0.29) is 29.8 Å². The lowest BCUT2D eigenvalue weighted by Gasteiger charge is -2.11. The maximum Gasteiger partial charge on any atom is 0.271 e. The van der Waals surface area contributed by atoms with Crippen LogP contribution in [0.1, 0.15) is 28.8 Å². The van der Waals surface area contributed by atoms with Crippen molar-refractivity contribution in [3.63, 3.8) is 0 Å². The number of amides is 1. The van der Waals surface area contributed by atoms with Crippen molar-refractivity contribution in [1.82, 2.24) is 4.98 Å². The van der Waals surface area contributed by atoms with Gasteiger partial charge in [0.2, 0.25) is 5.91 Å². The zero-order chi connectivity index (χ0) is 19.4. The SMILES string of the molecule is Cc1[nH]c(=O)c(C#N)c(C)c1CCC(=O)Nc1cc([N+](=O)[O-])ccc1F. The summed E-state index contributed by atoms with van der Waals surface area (Å²) in [6.07, 6.45) is 0.159. The molecular weight excluding hydrogens is 343 g/mol. The molecule has 9 heteroatoms. The van der Waals surface area contributed by atoms with Gasteiger partial charge in [-0.2, -0.15) is 5.26 Å². The van der Waals surface area contributed by atoms with Crippen LogP contribution in [0.25, 0.3) is 0 Å². The Hall–Kier alpha value is -3.54. The van der Waals surface area contributed by atoms with Gasteiger partial charge in [0.25, 0.3) is 11.2 Å². The minimum Gasteiger partial charge on any atom is -0.325 e. The van der Waals surface area contributed by atoms with Gasteiger partial charge in [-0.3, -0.25) is 19.7 Å². The van der Waals surface area contributed by atoms with Crippen molar-refractivity contribution >= 4 is 17.3 Å². The smallest absolute Gasteiger partial charge is 0.271 e. The van der Waals surface area contributed by atoms with Crippen molar-refractivity contribution in [2.45, 2.75) is 26.7 Å². The Morgan fingerprint density at radius 3 is 2.73 bits per heavy atom. The largest absolute Gasteiger partial charge is 0.325 e. The molecule has 1 aromatic carbocycles. The molecule has 8 nitrogen and oxygen atoms in total. The molecule has 2 aromatic rings. The molecule has 0 fully saturated rings. The Bertz CT molecular complexity index is 991. The fraction of sp³-hybridized carbons (Fsp3) is 0.235. The van der Waals surface area contributed by atoms with Gasteiger partial charge in [0.15, 0.2) is 0 Å². The highest BCUT2D eigenvalue weighted by Gasteiger charge is 2.16. The minimum atomic E-state index is -0.785. The molecule has 0 saturated heterocycles. The molecule has 1 aromatic heterocycles. The van der Waals surface area contributed by atoms with Crippen LogP contribution >= 0.6 is 0 Å². The van der Waals surface area contributed by atoms with Gasteiger partial charge in [-0.15, -0.1) is 0 Å². The summed E-state index contributed by atoms with van der Waals surface area (Å²) in [5, 5.41) is 22.1. The summed E-state index contributed by atoms with van der Waals surface area (Å²) >= 11 is 0. The van der Waals surface area contributed by atoms with E-state index in [9.17, 15) is 24.1 Å². The highest BCUT2D eigenvalue weighted by Crippen LogP contribution is 2.22. The van der Waals surface area contributed by atoms with Crippen molar-refractivity contribution < 1.29 is 14.1 Å². The summed E-state index contributed by atoms with van der Waals surface area (Å²) in [7, 11) is 0. The summed E-state index contributed by atoms with van der Waals surface area (Å²) < 4.78 is 13.7. The van der Waals surface area contributed by atoms with Crippen LogP contribution in [0, 0.1) is 41.1 Å². The summed E-state index contributed by atoms with van der Waals surface area (Å²) in [5.41, 5.74) is 0.550. The van der Waals surface area contributed by atoms with Crippen LogP contribution in [0.2, 0.25) is 0 Å². The number of anilines is 1. The molecule has 1 amide bonds. The first-order valence-corrected chi connectivity index (χ1v) is 7.60. The van der Waals surface area contributed by atoms with Crippen LogP contribution in [-0.4, -0.2) is 15.8 Å². The molecule has 1 heterocycles. The number of benzene rings is 1.